The van der Waals surface area contributed by atoms with Gasteiger partial charge in [0, 0.05) is 18.4 Å². The van der Waals surface area contributed by atoms with Gasteiger partial charge < -0.3 is 14.9 Å². The van der Waals surface area contributed by atoms with Gasteiger partial charge in [-0.3, -0.25) is 4.79 Å². The van der Waals surface area contributed by atoms with Crippen LogP contribution in [0.1, 0.15) is 86.0 Å². The molecule has 32 heavy (non-hydrogen) atoms. The Hall–Kier alpha value is -0.450. The summed E-state index contributed by atoms with van der Waals surface area (Å²) in [5.41, 5.74) is 1.08. The molecule has 4 heteroatoms. The van der Waals surface area contributed by atoms with Gasteiger partial charge in [0.05, 0.1) is 12.2 Å². The third-order valence-electron chi connectivity index (χ3n) is 12.3. The molecule has 0 aliphatic heterocycles. The molecule has 5 aliphatic carbocycles. The predicted octanol–water partition coefficient (Wildman–Crippen LogP) is 4.85. The molecule has 0 aromatic rings. The molecule has 1 spiro atoms. The third kappa shape index (κ3) is 2.81. The standard InChI is InChI=1S/C28H46O4/c1-15(2)23(29)25(31)24(30)16(3)19-7-8-20-18-13-22(32-6)28-14-17(28)9-12-27(28,5)21(18)10-11-26(19,20)4/h15-22,24-25,30-31H,7-14H2,1-6H3/t16-,17+,18-,19+,20-,21-,22+,24+,25-,26+,27+,28-/m0/s1. The van der Waals surface area contributed by atoms with Crippen LogP contribution in [-0.2, 0) is 9.53 Å². The lowest BCUT2D eigenvalue weighted by Gasteiger charge is -2.61. The van der Waals surface area contributed by atoms with Gasteiger partial charge in [-0.25, -0.2) is 0 Å². The zero-order chi connectivity index (χ0) is 23.2. The fourth-order valence-electron chi connectivity index (χ4n) is 10.5. The maximum atomic E-state index is 12.4. The molecule has 4 nitrogen and oxygen atoms in total. The lowest BCUT2D eigenvalue weighted by atomic mass is 9.45. The third-order valence-corrected chi connectivity index (χ3v) is 12.3. The van der Waals surface area contributed by atoms with Crippen molar-refractivity contribution in [2.24, 2.45) is 57.7 Å². The first-order valence-corrected chi connectivity index (χ1v) is 13.5. The fourth-order valence-corrected chi connectivity index (χ4v) is 10.5. The van der Waals surface area contributed by atoms with Gasteiger partial charge in [0.2, 0.25) is 0 Å². The summed E-state index contributed by atoms with van der Waals surface area (Å²) in [6.07, 6.45) is 8.41. The van der Waals surface area contributed by atoms with E-state index in [1.807, 2.05) is 7.11 Å². The summed E-state index contributed by atoms with van der Waals surface area (Å²) in [6.45, 7) is 10.7. The van der Waals surface area contributed by atoms with Gasteiger partial charge >= 0.3 is 0 Å². The molecule has 0 heterocycles. The van der Waals surface area contributed by atoms with Gasteiger partial charge in [0.25, 0.3) is 0 Å². The van der Waals surface area contributed by atoms with Crippen LogP contribution >= 0.6 is 0 Å². The van der Waals surface area contributed by atoms with Crippen molar-refractivity contribution in [2.75, 3.05) is 7.11 Å². The van der Waals surface area contributed by atoms with E-state index in [0.29, 0.717) is 34.7 Å². The van der Waals surface area contributed by atoms with E-state index in [1.165, 1.54) is 44.9 Å². The van der Waals surface area contributed by atoms with Crippen molar-refractivity contribution in [1.29, 1.82) is 0 Å². The van der Waals surface area contributed by atoms with E-state index in [2.05, 4.69) is 20.8 Å². The summed E-state index contributed by atoms with van der Waals surface area (Å²) in [4.78, 5) is 12.4. The second-order valence-corrected chi connectivity index (χ2v) is 13.3. The molecule has 0 aromatic heterocycles. The number of ketones is 1. The number of carbonyl (C=O) groups is 1. The summed E-state index contributed by atoms with van der Waals surface area (Å²) in [6, 6.07) is 0. The smallest absolute Gasteiger partial charge is 0.166 e. The summed E-state index contributed by atoms with van der Waals surface area (Å²) < 4.78 is 6.23. The Labute approximate surface area is 194 Å². The highest BCUT2D eigenvalue weighted by atomic mass is 16.5. The topological polar surface area (TPSA) is 66.8 Å². The molecular weight excluding hydrogens is 400 g/mol. The lowest BCUT2D eigenvalue weighted by Crippen LogP contribution is -2.57. The SMILES string of the molecule is CO[C@@H]1C[C@H]2[C@@H]3CC[C@H]([C@H](C)[C@@H](O)[C@@H](O)C(=O)C(C)C)[C@@]3(C)CC[C@@H]2[C@@]2(C)CC[C@@H]3C[C@]312. The number of fused-ring (bicyclic) bond motifs is 4. The zero-order valence-electron chi connectivity index (χ0n) is 21.1. The van der Waals surface area contributed by atoms with Crippen molar-refractivity contribution in [3.05, 3.63) is 0 Å². The summed E-state index contributed by atoms with van der Waals surface area (Å²) in [5.74, 6) is 2.90. The fraction of sp³-hybridized carbons (Fsp3) is 0.964. The van der Waals surface area contributed by atoms with Crippen molar-refractivity contribution in [3.8, 4) is 0 Å². The van der Waals surface area contributed by atoms with E-state index in [0.717, 1.165) is 18.3 Å². The molecular formula is C28H46O4. The molecule has 0 saturated heterocycles. The van der Waals surface area contributed by atoms with Crippen molar-refractivity contribution in [2.45, 2.75) is 104 Å². The first-order valence-electron chi connectivity index (χ1n) is 13.5. The van der Waals surface area contributed by atoms with Crippen molar-refractivity contribution >= 4 is 5.78 Å². The summed E-state index contributed by atoms with van der Waals surface area (Å²) in [7, 11) is 1.94. The number of Topliss-reactive ketones (excluding diaryl/α,β-unsaturated/α-hetero) is 1. The maximum absolute atomic E-state index is 12.4. The minimum Gasteiger partial charge on any atom is -0.390 e. The second-order valence-electron chi connectivity index (χ2n) is 13.3. The van der Waals surface area contributed by atoms with E-state index in [1.54, 1.807) is 13.8 Å². The van der Waals surface area contributed by atoms with Crippen LogP contribution in [0.3, 0.4) is 0 Å². The second kappa shape index (κ2) is 7.52. The van der Waals surface area contributed by atoms with Gasteiger partial charge in [0.15, 0.2) is 5.78 Å². The quantitative estimate of drug-likeness (QED) is 0.612. The number of aliphatic hydroxyl groups is 2. The monoisotopic (exact) mass is 446 g/mol. The van der Waals surface area contributed by atoms with E-state index < -0.39 is 12.2 Å². The summed E-state index contributed by atoms with van der Waals surface area (Å²) >= 11 is 0. The van der Waals surface area contributed by atoms with E-state index in [9.17, 15) is 15.0 Å². The number of aliphatic hydroxyl groups excluding tert-OH is 2. The van der Waals surface area contributed by atoms with E-state index >= 15 is 0 Å². The van der Waals surface area contributed by atoms with E-state index in [-0.39, 0.29) is 23.0 Å². The number of hydrogen-bond acceptors (Lipinski definition) is 4. The molecule has 0 unspecified atom stereocenters. The van der Waals surface area contributed by atoms with Crippen LogP contribution < -0.4 is 0 Å². The molecule has 2 N–H and O–H groups in total. The molecule has 0 radical (unpaired) electrons. The summed E-state index contributed by atoms with van der Waals surface area (Å²) in [5, 5.41) is 21.6. The maximum Gasteiger partial charge on any atom is 0.166 e. The van der Waals surface area contributed by atoms with Crippen molar-refractivity contribution in [1.82, 2.24) is 0 Å². The number of methoxy groups -OCH3 is 1. The Morgan fingerprint density at radius 1 is 1.00 bits per heavy atom. The first-order chi connectivity index (χ1) is 15.0. The van der Waals surface area contributed by atoms with Crippen LogP contribution in [-0.4, -0.2) is 41.4 Å². The molecule has 182 valence electrons. The van der Waals surface area contributed by atoms with Gasteiger partial charge in [-0.1, -0.05) is 34.6 Å². The Morgan fingerprint density at radius 2 is 1.72 bits per heavy atom. The number of rotatable bonds is 6. The van der Waals surface area contributed by atoms with Crippen LogP contribution in [0, 0.1) is 57.7 Å². The molecule has 0 bridgehead atoms. The average molecular weight is 447 g/mol. The first kappa shape index (κ1) is 23.3. The van der Waals surface area contributed by atoms with Crippen molar-refractivity contribution in [3.63, 3.8) is 0 Å². The molecule has 5 saturated carbocycles. The van der Waals surface area contributed by atoms with E-state index in [4.69, 9.17) is 4.74 Å². The Balaban J connectivity index is 1.38. The highest BCUT2D eigenvalue weighted by Crippen LogP contribution is 2.82. The molecule has 0 amide bonds. The Morgan fingerprint density at radius 3 is 2.34 bits per heavy atom. The van der Waals surface area contributed by atoms with Crippen molar-refractivity contribution < 1.29 is 19.7 Å². The molecule has 5 fully saturated rings. The van der Waals surface area contributed by atoms with Gasteiger partial charge in [-0.2, -0.15) is 0 Å². The predicted molar refractivity (Wildman–Crippen MR) is 125 cm³/mol. The number of carbonyl (C=O) groups excluding carboxylic acids is 1. The lowest BCUT2D eigenvalue weighted by molar-refractivity contribution is -0.165. The minimum absolute atomic E-state index is 0.0673. The van der Waals surface area contributed by atoms with Crippen LogP contribution in [0.4, 0.5) is 0 Å². The molecule has 5 aliphatic rings. The molecule has 5 rings (SSSR count). The minimum atomic E-state index is -1.26. The zero-order valence-corrected chi connectivity index (χ0v) is 21.1. The van der Waals surface area contributed by atoms with Crippen LogP contribution in [0.15, 0.2) is 0 Å². The van der Waals surface area contributed by atoms with Gasteiger partial charge in [-0.15, -0.1) is 0 Å². The van der Waals surface area contributed by atoms with Gasteiger partial charge in [0.1, 0.15) is 6.10 Å². The van der Waals surface area contributed by atoms with Crippen LogP contribution in [0.5, 0.6) is 0 Å². The van der Waals surface area contributed by atoms with Crippen LogP contribution in [0.2, 0.25) is 0 Å². The number of ether oxygens (including phenoxy) is 1. The number of hydrogen-bond donors (Lipinski definition) is 2. The largest absolute Gasteiger partial charge is 0.390 e. The highest BCUT2D eigenvalue weighted by Gasteiger charge is 2.77. The molecule has 12 atom stereocenters. The molecule has 0 aromatic carbocycles. The Bertz CT molecular complexity index is 765. The highest BCUT2D eigenvalue weighted by molar-refractivity contribution is 5.85. The van der Waals surface area contributed by atoms with Crippen LogP contribution in [0.25, 0.3) is 0 Å². The Kier molecular flexibility index (Phi) is 5.48. The van der Waals surface area contributed by atoms with Gasteiger partial charge in [-0.05, 0) is 97.7 Å². The normalized spacial score (nSPS) is 51.9. The average Bonchev–Trinajstić information content (AvgIpc) is 3.28.